The Balaban J connectivity index is 1.54. The zero-order chi connectivity index (χ0) is 27.5. The van der Waals surface area contributed by atoms with Crippen LogP contribution in [0.2, 0.25) is 0 Å². The number of carbonyl (C=O) groups is 1. The Hall–Kier alpha value is -4.15. The molecular formula is C29H27BrN4O5. The molecule has 1 amide bonds. The van der Waals surface area contributed by atoms with E-state index in [1.807, 2.05) is 30.5 Å². The highest BCUT2D eigenvalue weighted by Crippen LogP contribution is 2.41. The smallest absolute Gasteiger partial charge is 0.252 e. The molecule has 1 atom stereocenters. The van der Waals surface area contributed by atoms with Gasteiger partial charge in [-0.2, -0.15) is 0 Å². The van der Waals surface area contributed by atoms with Gasteiger partial charge in [-0.25, -0.2) is 9.97 Å². The largest absolute Gasteiger partial charge is 0.493 e. The van der Waals surface area contributed by atoms with Gasteiger partial charge in [0.1, 0.15) is 0 Å². The number of amides is 1. The number of hydrogen-bond acceptors (Lipinski definition) is 7. The molecule has 10 heteroatoms. The van der Waals surface area contributed by atoms with Crippen LogP contribution in [0.4, 0.5) is 0 Å². The second kappa shape index (κ2) is 11.3. The molecule has 9 nitrogen and oxygen atoms in total. The molecule has 0 radical (unpaired) electrons. The lowest BCUT2D eigenvalue weighted by Crippen LogP contribution is -2.39. The second-order valence-corrected chi connectivity index (χ2v) is 9.83. The molecule has 0 aliphatic rings. The van der Waals surface area contributed by atoms with Crippen LogP contribution in [0.3, 0.4) is 0 Å². The van der Waals surface area contributed by atoms with Crippen LogP contribution in [0.1, 0.15) is 15.9 Å². The van der Waals surface area contributed by atoms with Crippen molar-refractivity contribution in [3.05, 3.63) is 76.5 Å². The summed E-state index contributed by atoms with van der Waals surface area (Å²) in [5, 5.41) is 14.8. The minimum absolute atomic E-state index is 0.226. The van der Waals surface area contributed by atoms with Gasteiger partial charge in [-0.15, -0.1) is 0 Å². The van der Waals surface area contributed by atoms with Crippen molar-refractivity contribution in [3.63, 3.8) is 0 Å². The number of aromatic nitrogens is 3. The van der Waals surface area contributed by atoms with Crippen LogP contribution in [-0.2, 0) is 6.42 Å². The highest BCUT2D eigenvalue weighted by Gasteiger charge is 2.21. The Labute approximate surface area is 233 Å². The Morgan fingerprint density at radius 2 is 1.79 bits per heavy atom. The molecule has 3 N–H and O–H groups in total. The molecule has 5 rings (SSSR count). The first kappa shape index (κ1) is 26.5. The number of nitrogens with one attached hydrogen (secondary N) is 2. The van der Waals surface area contributed by atoms with Crippen molar-refractivity contribution in [2.75, 3.05) is 27.9 Å². The van der Waals surface area contributed by atoms with Gasteiger partial charge in [-0.05, 0) is 58.2 Å². The minimum atomic E-state index is -0.510. The van der Waals surface area contributed by atoms with Gasteiger partial charge in [0.05, 0.1) is 45.2 Å². The van der Waals surface area contributed by atoms with Gasteiger partial charge in [-0.3, -0.25) is 4.79 Å². The monoisotopic (exact) mass is 590 g/mol. The number of aliphatic hydroxyl groups excluding tert-OH is 1. The highest BCUT2D eigenvalue weighted by molar-refractivity contribution is 9.10. The van der Waals surface area contributed by atoms with E-state index < -0.39 is 6.04 Å². The second-order valence-electron chi connectivity index (χ2n) is 8.91. The summed E-state index contributed by atoms with van der Waals surface area (Å²) in [6, 6.07) is 14.5. The number of pyridine rings is 2. The predicted molar refractivity (Wildman–Crippen MR) is 153 cm³/mol. The van der Waals surface area contributed by atoms with Crippen LogP contribution in [-0.4, -0.2) is 59.9 Å². The highest BCUT2D eigenvalue weighted by atomic mass is 79.9. The van der Waals surface area contributed by atoms with Gasteiger partial charge in [0.2, 0.25) is 5.75 Å². The van der Waals surface area contributed by atoms with Crippen LogP contribution in [0.15, 0.2) is 65.4 Å². The van der Waals surface area contributed by atoms with Crippen LogP contribution in [0, 0.1) is 0 Å². The van der Waals surface area contributed by atoms with Crippen molar-refractivity contribution in [1.82, 2.24) is 20.3 Å². The Morgan fingerprint density at radius 3 is 2.49 bits per heavy atom. The maximum atomic E-state index is 13.7. The predicted octanol–water partition coefficient (Wildman–Crippen LogP) is 4.90. The number of hydrogen-bond donors (Lipinski definition) is 3. The van der Waals surface area contributed by atoms with Crippen molar-refractivity contribution in [2.24, 2.45) is 0 Å². The fourth-order valence-corrected chi connectivity index (χ4v) is 4.97. The van der Waals surface area contributed by atoms with E-state index >= 15 is 0 Å². The molecule has 3 heterocycles. The molecule has 3 aromatic heterocycles. The number of methoxy groups -OCH3 is 3. The number of nitrogens with zero attached hydrogens (tertiary/aromatic N) is 2. The van der Waals surface area contributed by atoms with Crippen LogP contribution in [0.5, 0.6) is 17.2 Å². The normalized spacial score (nSPS) is 11.9. The van der Waals surface area contributed by atoms with E-state index in [9.17, 15) is 9.90 Å². The van der Waals surface area contributed by atoms with Crippen LogP contribution in [0.25, 0.3) is 33.2 Å². The number of para-hydroxylation sites is 1. The summed E-state index contributed by atoms with van der Waals surface area (Å²) in [7, 11) is 4.61. The number of halogens is 1. The topological polar surface area (TPSA) is 119 Å². The lowest BCUT2D eigenvalue weighted by molar-refractivity contribution is 0.0918. The first-order chi connectivity index (χ1) is 18.9. The summed E-state index contributed by atoms with van der Waals surface area (Å²) in [5.74, 6) is 1.02. The van der Waals surface area contributed by atoms with Gasteiger partial charge in [0.25, 0.3) is 5.91 Å². The molecule has 5 aromatic rings. The molecule has 2 aromatic carbocycles. The third kappa shape index (κ3) is 5.25. The van der Waals surface area contributed by atoms with E-state index in [-0.39, 0.29) is 12.5 Å². The lowest BCUT2D eigenvalue weighted by Gasteiger charge is -2.18. The fourth-order valence-electron chi connectivity index (χ4n) is 4.64. The standard InChI is InChI=1S/C29H27BrN4O5/c1-37-25-9-16(10-26(38-2)27(25)39-3)24-12-22(21-11-18(30)14-32-28(21)34-24)29(36)33-19(15-35)8-17-13-31-23-7-5-4-6-20(17)23/h4-7,9-14,19,31,35H,8,15H2,1-3H3,(H,33,36). The summed E-state index contributed by atoms with van der Waals surface area (Å²) in [4.78, 5) is 26.1. The van der Waals surface area contributed by atoms with Gasteiger partial charge < -0.3 is 29.6 Å². The maximum absolute atomic E-state index is 13.7. The molecule has 1 unspecified atom stereocenters. The van der Waals surface area contributed by atoms with E-state index in [1.54, 1.807) is 30.5 Å². The average molecular weight is 591 g/mol. The molecule has 0 spiro atoms. The number of ether oxygens (including phenoxy) is 3. The van der Waals surface area contributed by atoms with Gasteiger partial charge in [0.15, 0.2) is 17.1 Å². The Kier molecular flexibility index (Phi) is 7.67. The molecule has 0 saturated carbocycles. The molecule has 0 bridgehead atoms. The van der Waals surface area contributed by atoms with Crippen LogP contribution < -0.4 is 19.5 Å². The Morgan fingerprint density at radius 1 is 1.05 bits per heavy atom. The maximum Gasteiger partial charge on any atom is 0.252 e. The number of fused-ring (bicyclic) bond motifs is 2. The summed E-state index contributed by atoms with van der Waals surface area (Å²) < 4.78 is 17.2. The van der Waals surface area contributed by atoms with Gasteiger partial charge in [0, 0.05) is 38.7 Å². The Bertz CT molecular complexity index is 1640. The van der Waals surface area contributed by atoms with Crippen molar-refractivity contribution in [3.8, 4) is 28.5 Å². The quantitative estimate of drug-likeness (QED) is 0.223. The number of aromatic amines is 1. The first-order valence-corrected chi connectivity index (χ1v) is 13.0. The van der Waals surface area contributed by atoms with E-state index in [0.29, 0.717) is 56.0 Å². The molecular weight excluding hydrogens is 564 g/mol. The zero-order valence-electron chi connectivity index (χ0n) is 21.6. The summed E-state index contributed by atoms with van der Waals surface area (Å²) >= 11 is 3.45. The average Bonchev–Trinajstić information content (AvgIpc) is 3.37. The minimum Gasteiger partial charge on any atom is -0.493 e. The van der Waals surface area contributed by atoms with E-state index in [2.05, 4.69) is 31.2 Å². The number of carbonyl (C=O) groups excluding carboxylic acids is 1. The summed E-state index contributed by atoms with van der Waals surface area (Å²) in [6.07, 6.45) is 3.99. The third-order valence-electron chi connectivity index (χ3n) is 6.53. The molecule has 0 saturated heterocycles. The van der Waals surface area contributed by atoms with Crippen molar-refractivity contribution in [1.29, 1.82) is 0 Å². The number of benzene rings is 2. The SMILES string of the molecule is COc1cc(-c2cc(C(=O)NC(CO)Cc3c[nH]c4ccccc34)c3cc(Br)cnc3n2)cc(OC)c1OC. The molecule has 0 aliphatic carbocycles. The molecule has 0 aliphatic heterocycles. The first-order valence-electron chi connectivity index (χ1n) is 12.2. The van der Waals surface area contributed by atoms with Crippen molar-refractivity contribution in [2.45, 2.75) is 12.5 Å². The summed E-state index contributed by atoms with van der Waals surface area (Å²) in [6.45, 7) is -0.226. The van der Waals surface area contributed by atoms with Crippen molar-refractivity contribution >= 4 is 43.8 Å². The fraction of sp³-hybridized carbons (Fsp3) is 0.207. The van der Waals surface area contributed by atoms with E-state index in [1.165, 1.54) is 21.3 Å². The number of H-pyrrole nitrogens is 1. The van der Waals surface area contributed by atoms with Gasteiger partial charge in [-0.1, -0.05) is 18.2 Å². The van der Waals surface area contributed by atoms with Crippen molar-refractivity contribution < 1.29 is 24.1 Å². The summed E-state index contributed by atoms with van der Waals surface area (Å²) in [5.41, 5.74) is 3.93. The van der Waals surface area contributed by atoms with Crippen LogP contribution >= 0.6 is 15.9 Å². The molecule has 200 valence electrons. The number of rotatable bonds is 9. The van der Waals surface area contributed by atoms with E-state index in [0.717, 1.165) is 16.5 Å². The number of aliphatic hydroxyl groups is 1. The van der Waals surface area contributed by atoms with E-state index in [4.69, 9.17) is 19.2 Å². The molecule has 39 heavy (non-hydrogen) atoms. The van der Waals surface area contributed by atoms with Gasteiger partial charge >= 0.3 is 0 Å². The third-order valence-corrected chi connectivity index (χ3v) is 6.97. The zero-order valence-corrected chi connectivity index (χ0v) is 23.2. The lowest BCUT2D eigenvalue weighted by atomic mass is 10.0. The molecule has 0 fully saturated rings.